The van der Waals surface area contributed by atoms with Gasteiger partial charge >= 0.3 is 0 Å². The molecule has 4 N–H and O–H groups in total. The quantitative estimate of drug-likeness (QED) is 0.248. The van der Waals surface area contributed by atoms with Crippen LogP contribution in [0.4, 0.5) is 4.39 Å². The lowest BCUT2D eigenvalue weighted by atomic mass is 10.1. The predicted octanol–water partition coefficient (Wildman–Crippen LogP) is 2.09. The van der Waals surface area contributed by atoms with Crippen LogP contribution in [0.3, 0.4) is 0 Å². The van der Waals surface area contributed by atoms with Crippen LogP contribution < -0.4 is 11.1 Å². The van der Waals surface area contributed by atoms with Crippen molar-refractivity contribution in [1.82, 2.24) is 15.2 Å². The van der Waals surface area contributed by atoms with Gasteiger partial charge in [0.2, 0.25) is 0 Å². The molecule has 0 spiro atoms. The van der Waals surface area contributed by atoms with E-state index in [4.69, 9.17) is 10.5 Å². The second-order valence-corrected chi connectivity index (χ2v) is 6.26. The number of benzene rings is 1. The van der Waals surface area contributed by atoms with Crippen molar-refractivity contribution >= 4 is 40.8 Å². The summed E-state index contributed by atoms with van der Waals surface area (Å²) in [6.07, 6.45) is 3.67. The van der Waals surface area contributed by atoms with Gasteiger partial charge in [-0.3, -0.25) is 9.89 Å². The fourth-order valence-electron chi connectivity index (χ4n) is 3.06. The summed E-state index contributed by atoms with van der Waals surface area (Å²) < 4.78 is 18.7. The Morgan fingerprint density at radius 1 is 1.35 bits per heavy atom. The molecule has 1 aromatic carbocycles. The minimum Gasteiger partial charge on any atom is -0.379 e. The summed E-state index contributed by atoms with van der Waals surface area (Å²) in [5, 5.41) is 4.04. The maximum absolute atomic E-state index is 13.4. The zero-order valence-electron chi connectivity index (χ0n) is 14.8. The second kappa shape index (κ2) is 10.7. The minimum atomic E-state index is -0.220. The van der Waals surface area contributed by atoms with Crippen molar-refractivity contribution in [1.29, 1.82) is 0 Å². The van der Waals surface area contributed by atoms with Crippen LogP contribution in [0.2, 0.25) is 0 Å². The van der Waals surface area contributed by atoms with E-state index in [2.05, 4.69) is 20.2 Å². The van der Waals surface area contributed by atoms with Gasteiger partial charge in [0.05, 0.1) is 13.2 Å². The third-order valence-electron chi connectivity index (χ3n) is 4.45. The molecular formula is C18H27FIN5O. The van der Waals surface area contributed by atoms with Crippen molar-refractivity contribution in [2.45, 2.75) is 12.8 Å². The zero-order valence-corrected chi connectivity index (χ0v) is 17.2. The molecule has 1 fully saturated rings. The molecule has 1 aliphatic heterocycles. The lowest BCUT2D eigenvalue weighted by Gasteiger charge is -2.26. The Morgan fingerprint density at radius 3 is 2.96 bits per heavy atom. The molecule has 8 heteroatoms. The number of rotatable bonds is 7. The average Bonchev–Trinajstić information content (AvgIpc) is 3.02. The molecular weight excluding hydrogens is 448 g/mol. The minimum absolute atomic E-state index is 0. The van der Waals surface area contributed by atoms with Gasteiger partial charge in [-0.25, -0.2) is 4.39 Å². The molecule has 0 amide bonds. The highest BCUT2D eigenvalue weighted by Crippen LogP contribution is 2.19. The molecule has 2 heterocycles. The number of fused-ring (bicyclic) bond motifs is 1. The third kappa shape index (κ3) is 6.10. The molecule has 0 saturated carbocycles. The van der Waals surface area contributed by atoms with Gasteiger partial charge in [0.15, 0.2) is 5.96 Å². The van der Waals surface area contributed by atoms with Crippen molar-refractivity contribution in [2.24, 2.45) is 10.7 Å². The smallest absolute Gasteiger partial charge is 0.188 e. The zero-order chi connectivity index (χ0) is 17.5. The first-order chi connectivity index (χ1) is 12.2. The Hall–Kier alpha value is -1.39. The number of hydrogen-bond donors (Lipinski definition) is 3. The summed E-state index contributed by atoms with van der Waals surface area (Å²) in [5.41, 5.74) is 7.92. The summed E-state index contributed by atoms with van der Waals surface area (Å²) in [5.74, 6) is 0.246. The number of halogens is 2. The van der Waals surface area contributed by atoms with Gasteiger partial charge in [0, 0.05) is 49.8 Å². The molecule has 1 aliphatic rings. The summed E-state index contributed by atoms with van der Waals surface area (Å²) in [7, 11) is 0. The second-order valence-electron chi connectivity index (χ2n) is 6.26. The lowest BCUT2D eigenvalue weighted by molar-refractivity contribution is 0.0377. The fourth-order valence-corrected chi connectivity index (χ4v) is 3.06. The van der Waals surface area contributed by atoms with E-state index in [0.717, 1.165) is 62.2 Å². The molecule has 2 aromatic rings. The van der Waals surface area contributed by atoms with Crippen LogP contribution in [0.25, 0.3) is 10.9 Å². The largest absolute Gasteiger partial charge is 0.379 e. The van der Waals surface area contributed by atoms with E-state index in [9.17, 15) is 4.39 Å². The molecule has 0 atom stereocenters. The standard InChI is InChI=1S/C18H26FN5O.HI/c19-15-2-3-17-16(12-15)14(13-23-17)4-6-22-18(20)21-5-1-7-24-8-10-25-11-9-24;/h2-3,12-13,23H,1,4-11H2,(H3,20,21,22);1H. The molecule has 3 rings (SSSR count). The van der Waals surface area contributed by atoms with E-state index >= 15 is 0 Å². The first kappa shape index (κ1) is 20.9. The number of ether oxygens (including phenoxy) is 1. The van der Waals surface area contributed by atoms with Crippen molar-refractivity contribution in [3.8, 4) is 0 Å². The number of aromatic amines is 1. The summed E-state index contributed by atoms with van der Waals surface area (Å²) >= 11 is 0. The molecule has 0 aliphatic carbocycles. The Bertz CT molecular complexity index is 715. The Kier molecular flexibility index (Phi) is 8.60. The van der Waals surface area contributed by atoms with Crippen LogP contribution in [0.1, 0.15) is 12.0 Å². The van der Waals surface area contributed by atoms with E-state index in [-0.39, 0.29) is 29.8 Å². The topological polar surface area (TPSA) is 78.7 Å². The van der Waals surface area contributed by atoms with E-state index < -0.39 is 0 Å². The maximum atomic E-state index is 13.4. The molecule has 0 radical (unpaired) electrons. The maximum Gasteiger partial charge on any atom is 0.188 e. The number of hydrogen-bond acceptors (Lipinski definition) is 3. The molecule has 1 aromatic heterocycles. The van der Waals surface area contributed by atoms with E-state index in [1.54, 1.807) is 12.1 Å². The molecule has 0 unspecified atom stereocenters. The highest BCUT2D eigenvalue weighted by Gasteiger charge is 2.09. The van der Waals surface area contributed by atoms with Crippen LogP contribution in [0.5, 0.6) is 0 Å². The van der Waals surface area contributed by atoms with Gasteiger partial charge in [-0.15, -0.1) is 24.0 Å². The number of aliphatic imine (C=N–C) groups is 1. The highest BCUT2D eigenvalue weighted by atomic mass is 127. The first-order valence-electron chi connectivity index (χ1n) is 8.82. The van der Waals surface area contributed by atoms with Gasteiger partial charge in [0.1, 0.15) is 5.82 Å². The van der Waals surface area contributed by atoms with Gasteiger partial charge in [-0.2, -0.15) is 0 Å². The van der Waals surface area contributed by atoms with E-state index in [1.807, 2.05) is 6.20 Å². The van der Waals surface area contributed by atoms with Crippen LogP contribution >= 0.6 is 24.0 Å². The highest BCUT2D eigenvalue weighted by molar-refractivity contribution is 14.0. The number of nitrogens with two attached hydrogens (primary N) is 1. The van der Waals surface area contributed by atoms with Crippen LogP contribution in [-0.2, 0) is 11.2 Å². The van der Waals surface area contributed by atoms with E-state index in [1.165, 1.54) is 6.07 Å². The SMILES string of the molecule is I.NC(=NCCCN1CCOCC1)NCCc1c[nH]c2ccc(F)cc12. The number of nitrogens with zero attached hydrogens (tertiary/aromatic N) is 2. The number of guanidine groups is 1. The molecule has 1 saturated heterocycles. The molecule has 6 nitrogen and oxygen atoms in total. The van der Waals surface area contributed by atoms with Crippen molar-refractivity contribution in [3.05, 3.63) is 35.8 Å². The number of morpholine rings is 1. The van der Waals surface area contributed by atoms with Crippen LogP contribution in [-0.4, -0.2) is 61.8 Å². The van der Waals surface area contributed by atoms with Gasteiger partial charge in [-0.1, -0.05) is 0 Å². The Balaban J connectivity index is 0.00000243. The van der Waals surface area contributed by atoms with Crippen molar-refractivity contribution in [3.63, 3.8) is 0 Å². The van der Waals surface area contributed by atoms with Crippen LogP contribution in [0, 0.1) is 5.82 Å². The van der Waals surface area contributed by atoms with Gasteiger partial charge in [-0.05, 0) is 36.6 Å². The summed E-state index contributed by atoms with van der Waals surface area (Å²) in [4.78, 5) is 9.91. The fraction of sp³-hybridized carbons (Fsp3) is 0.500. The van der Waals surface area contributed by atoms with Gasteiger partial charge in [0.25, 0.3) is 0 Å². The lowest BCUT2D eigenvalue weighted by Crippen LogP contribution is -2.37. The van der Waals surface area contributed by atoms with Crippen LogP contribution in [0.15, 0.2) is 29.4 Å². The number of nitrogens with one attached hydrogen (secondary N) is 2. The third-order valence-corrected chi connectivity index (χ3v) is 4.45. The Morgan fingerprint density at radius 2 is 2.15 bits per heavy atom. The van der Waals surface area contributed by atoms with Gasteiger partial charge < -0.3 is 20.8 Å². The number of H-pyrrole nitrogens is 1. The van der Waals surface area contributed by atoms with Crippen molar-refractivity contribution < 1.29 is 9.13 Å². The number of aromatic nitrogens is 1. The monoisotopic (exact) mass is 475 g/mol. The van der Waals surface area contributed by atoms with Crippen molar-refractivity contribution in [2.75, 3.05) is 45.9 Å². The molecule has 0 bridgehead atoms. The summed E-state index contributed by atoms with van der Waals surface area (Å²) in [6.45, 7) is 6.07. The normalized spacial score (nSPS) is 15.8. The molecule has 144 valence electrons. The van der Waals surface area contributed by atoms with E-state index in [0.29, 0.717) is 19.0 Å². The Labute approximate surface area is 170 Å². The summed E-state index contributed by atoms with van der Waals surface area (Å²) in [6, 6.07) is 4.78. The predicted molar refractivity (Wildman–Crippen MR) is 114 cm³/mol. The molecule has 26 heavy (non-hydrogen) atoms. The average molecular weight is 475 g/mol. The first-order valence-corrected chi connectivity index (χ1v) is 8.82.